The van der Waals surface area contributed by atoms with Gasteiger partial charge in [-0.15, -0.1) is 0 Å². The van der Waals surface area contributed by atoms with Crippen molar-refractivity contribution < 1.29 is 0 Å². The van der Waals surface area contributed by atoms with E-state index in [1.54, 1.807) is 0 Å². The molecule has 8 aromatic rings. The molecule has 0 radical (unpaired) electrons. The topological polar surface area (TPSA) is 4.93 Å². The second kappa shape index (κ2) is 8.81. The van der Waals surface area contributed by atoms with Crippen LogP contribution in [-0.2, 0) is 0 Å². The average Bonchev–Trinajstić information content (AvgIpc) is 3.70. The minimum absolute atomic E-state index is 1.07. The largest absolute Gasteiger partial charge is 0.309 e. The van der Waals surface area contributed by atoms with E-state index < -0.39 is 0 Å². The summed E-state index contributed by atoms with van der Waals surface area (Å²) in [7, 11) is 0. The highest BCUT2D eigenvalue weighted by molar-refractivity contribution is 6.20. The summed E-state index contributed by atoms with van der Waals surface area (Å²) < 4.78 is 2.42. The maximum atomic E-state index is 4.49. The Bertz CT molecular complexity index is 2600. The Morgan fingerprint density at radius 3 is 1.93 bits per heavy atom. The van der Waals surface area contributed by atoms with E-state index in [9.17, 15) is 0 Å². The molecule has 0 saturated carbocycles. The normalized spacial score (nSPS) is 12.6. The van der Waals surface area contributed by atoms with Gasteiger partial charge in [-0.3, -0.25) is 0 Å². The SMILES string of the molecule is C=Cc1c(-c2ccc(-n3c4ccccc4c4cc5c(cc43)-c3cccc4cccc-5c34)cc2)ccc2c1C(=C)c1ccccc1-2. The first-order valence-corrected chi connectivity index (χ1v) is 15.5. The number of aromatic nitrogens is 1. The molecular formula is C44H27N. The fraction of sp³-hybridized carbons (Fsp3) is 0. The highest BCUT2D eigenvalue weighted by Gasteiger charge is 2.26. The average molecular weight is 570 g/mol. The molecule has 2 aliphatic carbocycles. The molecule has 0 saturated heterocycles. The molecule has 10 rings (SSSR count). The van der Waals surface area contributed by atoms with Crippen LogP contribution in [0, 0.1) is 0 Å². The second-order valence-corrected chi connectivity index (χ2v) is 12.2. The first-order valence-electron chi connectivity index (χ1n) is 15.5. The van der Waals surface area contributed by atoms with Gasteiger partial charge >= 0.3 is 0 Å². The highest BCUT2D eigenvalue weighted by Crippen LogP contribution is 2.50. The number of fused-ring (bicyclic) bond motifs is 9. The number of rotatable bonds is 3. The summed E-state index contributed by atoms with van der Waals surface area (Å²) in [6.45, 7) is 8.72. The Kier molecular flexibility index (Phi) is 4.80. The molecule has 0 atom stereocenters. The van der Waals surface area contributed by atoms with Crippen LogP contribution in [0.1, 0.15) is 16.7 Å². The number of nitrogens with zero attached hydrogens (tertiary/aromatic N) is 1. The smallest absolute Gasteiger partial charge is 0.0547 e. The second-order valence-electron chi connectivity index (χ2n) is 12.2. The Morgan fingerprint density at radius 1 is 0.489 bits per heavy atom. The van der Waals surface area contributed by atoms with Gasteiger partial charge in [0.25, 0.3) is 0 Å². The van der Waals surface area contributed by atoms with E-state index in [1.807, 2.05) is 6.08 Å². The van der Waals surface area contributed by atoms with Gasteiger partial charge in [-0.25, -0.2) is 0 Å². The Hall–Kier alpha value is -5.92. The molecule has 0 aliphatic heterocycles. The van der Waals surface area contributed by atoms with Crippen LogP contribution in [-0.4, -0.2) is 4.57 Å². The van der Waals surface area contributed by atoms with Crippen LogP contribution in [0.4, 0.5) is 0 Å². The molecule has 1 heteroatoms. The molecule has 0 spiro atoms. The zero-order valence-electron chi connectivity index (χ0n) is 24.6. The third-order valence-corrected chi connectivity index (χ3v) is 10.0. The zero-order valence-corrected chi connectivity index (χ0v) is 24.6. The van der Waals surface area contributed by atoms with Crippen molar-refractivity contribution >= 4 is 44.2 Å². The third-order valence-electron chi connectivity index (χ3n) is 10.0. The first kappa shape index (κ1) is 24.5. The van der Waals surface area contributed by atoms with Gasteiger partial charge in [0.2, 0.25) is 0 Å². The van der Waals surface area contributed by atoms with Crippen molar-refractivity contribution in [2.24, 2.45) is 0 Å². The lowest BCUT2D eigenvalue weighted by Gasteiger charge is -2.14. The molecule has 1 heterocycles. The van der Waals surface area contributed by atoms with E-state index in [4.69, 9.17) is 0 Å². The van der Waals surface area contributed by atoms with E-state index in [1.165, 1.54) is 88.2 Å². The minimum Gasteiger partial charge on any atom is -0.309 e. The molecule has 1 aromatic heterocycles. The summed E-state index contributed by atoms with van der Waals surface area (Å²) in [5.41, 5.74) is 18.3. The standard InChI is InChI=1S/C44H27N/c1-3-30-32(22-23-37-33-13-5-4-12-31(33)26(2)43(30)37)27-18-20-29(21-19-27)45-41-17-7-6-14-34(41)40-24-38-35-15-8-10-28-11-9-16-36(44(28)35)39(38)25-42(40)45/h3-25H,1-2H2. The maximum Gasteiger partial charge on any atom is 0.0547 e. The van der Waals surface area contributed by atoms with Crippen molar-refractivity contribution in [3.63, 3.8) is 0 Å². The van der Waals surface area contributed by atoms with Gasteiger partial charge in [-0.1, -0.05) is 122 Å². The van der Waals surface area contributed by atoms with Crippen molar-refractivity contribution in [2.45, 2.75) is 0 Å². The summed E-state index contributed by atoms with van der Waals surface area (Å²) in [5.74, 6) is 0. The van der Waals surface area contributed by atoms with Gasteiger partial charge in [-0.2, -0.15) is 0 Å². The summed E-state index contributed by atoms with van der Waals surface area (Å²) in [6.07, 6.45) is 1.99. The van der Waals surface area contributed by atoms with Gasteiger partial charge in [0.1, 0.15) is 0 Å². The van der Waals surface area contributed by atoms with Gasteiger partial charge in [0.15, 0.2) is 0 Å². The molecule has 7 aromatic carbocycles. The van der Waals surface area contributed by atoms with Crippen LogP contribution in [0.2, 0.25) is 0 Å². The molecule has 0 unspecified atom stereocenters. The molecule has 1 nitrogen and oxygen atoms in total. The molecular weight excluding hydrogens is 542 g/mol. The van der Waals surface area contributed by atoms with Crippen LogP contribution in [0.3, 0.4) is 0 Å². The summed E-state index contributed by atoms with van der Waals surface area (Å²) in [4.78, 5) is 0. The maximum absolute atomic E-state index is 4.49. The van der Waals surface area contributed by atoms with Gasteiger partial charge < -0.3 is 4.57 Å². The monoisotopic (exact) mass is 569 g/mol. The van der Waals surface area contributed by atoms with Crippen molar-refractivity contribution in [3.05, 3.63) is 163 Å². The molecule has 0 bridgehead atoms. The fourth-order valence-corrected chi connectivity index (χ4v) is 8.07. The van der Waals surface area contributed by atoms with E-state index in [0.29, 0.717) is 0 Å². The third kappa shape index (κ3) is 3.17. The van der Waals surface area contributed by atoms with Crippen molar-refractivity contribution in [1.29, 1.82) is 0 Å². The molecule has 0 N–H and O–H groups in total. The summed E-state index contributed by atoms with van der Waals surface area (Å²) in [5, 5.41) is 5.21. The molecule has 45 heavy (non-hydrogen) atoms. The number of para-hydroxylation sites is 1. The van der Waals surface area contributed by atoms with E-state index in [0.717, 1.165) is 16.8 Å². The van der Waals surface area contributed by atoms with Crippen LogP contribution < -0.4 is 0 Å². The van der Waals surface area contributed by atoms with Crippen molar-refractivity contribution in [2.75, 3.05) is 0 Å². The van der Waals surface area contributed by atoms with Crippen molar-refractivity contribution in [3.8, 4) is 50.2 Å². The van der Waals surface area contributed by atoms with E-state index in [2.05, 4.69) is 151 Å². The van der Waals surface area contributed by atoms with Crippen LogP contribution >= 0.6 is 0 Å². The van der Waals surface area contributed by atoms with Crippen LogP contribution in [0.25, 0.3) is 94.4 Å². The number of benzene rings is 7. The van der Waals surface area contributed by atoms with E-state index in [-0.39, 0.29) is 0 Å². The molecule has 0 amide bonds. The predicted molar refractivity (Wildman–Crippen MR) is 192 cm³/mol. The van der Waals surface area contributed by atoms with Crippen LogP contribution in [0.5, 0.6) is 0 Å². The quantitative estimate of drug-likeness (QED) is 0.199. The lowest BCUT2D eigenvalue weighted by Crippen LogP contribution is -1.95. The van der Waals surface area contributed by atoms with Crippen LogP contribution in [0.15, 0.2) is 147 Å². The number of hydrogen-bond donors (Lipinski definition) is 0. The first-order chi connectivity index (χ1) is 22.2. The van der Waals surface area contributed by atoms with Gasteiger partial charge in [0, 0.05) is 16.5 Å². The Morgan fingerprint density at radius 2 is 1.16 bits per heavy atom. The van der Waals surface area contributed by atoms with Gasteiger partial charge in [-0.05, 0) is 108 Å². The lowest BCUT2D eigenvalue weighted by atomic mass is 9.91. The highest BCUT2D eigenvalue weighted by atomic mass is 15.0. The summed E-state index contributed by atoms with van der Waals surface area (Å²) in [6, 6.07) is 49.0. The fourth-order valence-electron chi connectivity index (χ4n) is 8.07. The van der Waals surface area contributed by atoms with Gasteiger partial charge in [0.05, 0.1) is 11.0 Å². The Balaban J connectivity index is 1.15. The zero-order chi connectivity index (χ0) is 29.8. The molecule has 208 valence electrons. The summed E-state index contributed by atoms with van der Waals surface area (Å²) >= 11 is 0. The molecule has 0 fully saturated rings. The van der Waals surface area contributed by atoms with E-state index >= 15 is 0 Å². The van der Waals surface area contributed by atoms with Crippen molar-refractivity contribution in [1.82, 2.24) is 4.57 Å². The minimum atomic E-state index is 1.07. The lowest BCUT2D eigenvalue weighted by molar-refractivity contribution is 1.18. The molecule has 2 aliphatic rings. The number of hydrogen-bond acceptors (Lipinski definition) is 0. The Labute approximate surface area is 261 Å². The predicted octanol–water partition coefficient (Wildman–Crippen LogP) is 11.9.